The molecule has 0 aliphatic rings. The number of benzene rings is 3. The third-order valence-corrected chi connectivity index (χ3v) is 3.99. The Morgan fingerprint density at radius 3 is 2.43 bits per heavy atom. The van der Waals surface area contributed by atoms with Crippen molar-refractivity contribution in [2.45, 2.75) is 0 Å². The van der Waals surface area contributed by atoms with Crippen molar-refractivity contribution in [1.82, 2.24) is 16.2 Å². The second-order valence-corrected chi connectivity index (χ2v) is 6.18. The standard InChI is InChI=1S/C20H17N3O4S/c24-17-8-4-3-7-16(17)19(26)22-23-20(28)21-18(25)12-27-15-10-9-13-5-1-2-6-14(13)11-15/h1-11,24H,12H2,(H,22,26)(H2,21,23,25,28). The van der Waals surface area contributed by atoms with Crippen molar-refractivity contribution < 1.29 is 19.4 Å². The molecular weight excluding hydrogens is 378 g/mol. The zero-order chi connectivity index (χ0) is 19.9. The summed E-state index contributed by atoms with van der Waals surface area (Å²) in [6, 6.07) is 19.4. The molecule has 0 aliphatic carbocycles. The Labute approximate surface area is 166 Å². The number of phenols is 1. The predicted molar refractivity (Wildman–Crippen MR) is 109 cm³/mol. The Kier molecular flexibility index (Phi) is 6.03. The Morgan fingerprint density at radius 1 is 0.929 bits per heavy atom. The average molecular weight is 395 g/mol. The number of para-hydroxylation sites is 1. The van der Waals surface area contributed by atoms with Gasteiger partial charge in [-0.15, -0.1) is 0 Å². The number of phenolic OH excluding ortho intramolecular Hbond substituents is 1. The molecule has 0 fully saturated rings. The molecule has 0 aromatic heterocycles. The van der Waals surface area contributed by atoms with Crippen LogP contribution in [0.5, 0.6) is 11.5 Å². The molecule has 142 valence electrons. The SMILES string of the molecule is O=C(COc1ccc2ccccc2c1)NC(=S)NNC(=O)c1ccccc1O. The normalized spacial score (nSPS) is 10.1. The first-order valence-electron chi connectivity index (χ1n) is 8.33. The zero-order valence-corrected chi connectivity index (χ0v) is 15.5. The van der Waals surface area contributed by atoms with Gasteiger partial charge in [0.25, 0.3) is 11.8 Å². The fraction of sp³-hybridized carbons (Fsp3) is 0.0500. The van der Waals surface area contributed by atoms with E-state index >= 15 is 0 Å². The molecule has 0 unspecified atom stereocenters. The Morgan fingerprint density at radius 2 is 1.64 bits per heavy atom. The highest BCUT2D eigenvalue weighted by Gasteiger charge is 2.11. The summed E-state index contributed by atoms with van der Waals surface area (Å²) in [5, 5.41) is 14.0. The minimum Gasteiger partial charge on any atom is -0.507 e. The summed E-state index contributed by atoms with van der Waals surface area (Å²) in [6.07, 6.45) is 0. The van der Waals surface area contributed by atoms with Crippen molar-refractivity contribution in [2.24, 2.45) is 0 Å². The lowest BCUT2D eigenvalue weighted by molar-refractivity contribution is -0.121. The van der Waals surface area contributed by atoms with Crippen LogP contribution in [-0.4, -0.2) is 28.6 Å². The summed E-state index contributed by atoms with van der Waals surface area (Å²) in [6.45, 7) is -0.242. The molecule has 0 atom stereocenters. The van der Waals surface area contributed by atoms with Crippen molar-refractivity contribution in [3.63, 3.8) is 0 Å². The molecule has 4 N–H and O–H groups in total. The molecule has 0 heterocycles. The highest BCUT2D eigenvalue weighted by Crippen LogP contribution is 2.20. The summed E-state index contributed by atoms with van der Waals surface area (Å²) >= 11 is 4.95. The minimum atomic E-state index is -0.595. The van der Waals surface area contributed by atoms with Crippen molar-refractivity contribution in [3.8, 4) is 11.5 Å². The molecule has 8 heteroatoms. The van der Waals surface area contributed by atoms with Gasteiger partial charge in [-0.25, -0.2) is 0 Å². The third-order valence-electron chi connectivity index (χ3n) is 3.78. The first kappa shape index (κ1) is 19.1. The van der Waals surface area contributed by atoms with Crippen LogP contribution in [0.25, 0.3) is 10.8 Å². The molecule has 2 amide bonds. The van der Waals surface area contributed by atoms with E-state index in [1.165, 1.54) is 12.1 Å². The van der Waals surface area contributed by atoms with Crippen molar-refractivity contribution >= 4 is 39.9 Å². The largest absolute Gasteiger partial charge is 0.507 e. The Balaban J connectivity index is 1.45. The molecule has 3 aromatic rings. The van der Waals surface area contributed by atoms with Gasteiger partial charge in [0.2, 0.25) is 0 Å². The topological polar surface area (TPSA) is 99.7 Å². The van der Waals surface area contributed by atoms with E-state index in [0.29, 0.717) is 5.75 Å². The average Bonchev–Trinajstić information content (AvgIpc) is 2.70. The molecule has 28 heavy (non-hydrogen) atoms. The van der Waals surface area contributed by atoms with Crippen LogP contribution in [0.2, 0.25) is 0 Å². The van der Waals surface area contributed by atoms with E-state index in [-0.39, 0.29) is 23.0 Å². The summed E-state index contributed by atoms with van der Waals surface area (Å²) < 4.78 is 5.47. The van der Waals surface area contributed by atoms with Crippen LogP contribution in [0, 0.1) is 0 Å². The Bertz CT molecular complexity index is 1040. The van der Waals surface area contributed by atoms with Crippen molar-refractivity contribution in [1.29, 1.82) is 0 Å². The van der Waals surface area contributed by atoms with E-state index in [0.717, 1.165) is 10.8 Å². The zero-order valence-electron chi connectivity index (χ0n) is 14.6. The van der Waals surface area contributed by atoms with E-state index < -0.39 is 11.8 Å². The first-order chi connectivity index (χ1) is 13.5. The van der Waals surface area contributed by atoms with Gasteiger partial charge in [0, 0.05) is 0 Å². The molecule has 7 nitrogen and oxygen atoms in total. The van der Waals surface area contributed by atoms with Crippen LogP contribution in [0.3, 0.4) is 0 Å². The van der Waals surface area contributed by atoms with E-state index in [1.807, 2.05) is 36.4 Å². The fourth-order valence-corrected chi connectivity index (χ4v) is 2.61. The highest BCUT2D eigenvalue weighted by atomic mass is 32.1. The summed E-state index contributed by atoms with van der Waals surface area (Å²) in [5.41, 5.74) is 4.76. The van der Waals surface area contributed by atoms with Crippen molar-refractivity contribution in [2.75, 3.05) is 6.61 Å². The van der Waals surface area contributed by atoms with Gasteiger partial charge in [0.05, 0.1) is 5.56 Å². The van der Waals surface area contributed by atoms with Crippen LogP contribution >= 0.6 is 12.2 Å². The van der Waals surface area contributed by atoms with Gasteiger partial charge < -0.3 is 9.84 Å². The highest BCUT2D eigenvalue weighted by molar-refractivity contribution is 7.80. The molecule has 0 spiro atoms. The summed E-state index contributed by atoms with van der Waals surface area (Å²) in [4.78, 5) is 23.9. The second kappa shape index (κ2) is 8.83. The van der Waals surface area contributed by atoms with E-state index in [4.69, 9.17) is 17.0 Å². The van der Waals surface area contributed by atoms with E-state index in [1.54, 1.807) is 18.2 Å². The molecule has 3 rings (SSSR count). The number of ether oxygens (including phenoxy) is 1. The third kappa shape index (κ3) is 4.95. The molecule has 3 aromatic carbocycles. The van der Waals surface area contributed by atoms with Crippen LogP contribution in [0.1, 0.15) is 10.4 Å². The van der Waals surface area contributed by atoms with Gasteiger partial charge in [-0.05, 0) is 47.3 Å². The number of thiocarbonyl (C=S) groups is 1. The maximum Gasteiger partial charge on any atom is 0.273 e. The van der Waals surface area contributed by atoms with Gasteiger partial charge in [-0.1, -0.05) is 42.5 Å². The second-order valence-electron chi connectivity index (χ2n) is 5.77. The lowest BCUT2D eigenvalue weighted by atomic mass is 10.1. The number of rotatable bonds is 4. The number of carbonyl (C=O) groups is 2. The van der Waals surface area contributed by atoms with Crippen LogP contribution in [0.15, 0.2) is 66.7 Å². The number of carbonyl (C=O) groups excluding carboxylic acids is 2. The number of amides is 2. The van der Waals surface area contributed by atoms with Gasteiger partial charge in [-0.3, -0.25) is 25.8 Å². The smallest absolute Gasteiger partial charge is 0.273 e. The van der Waals surface area contributed by atoms with Gasteiger partial charge >= 0.3 is 0 Å². The lowest BCUT2D eigenvalue weighted by Crippen LogP contribution is -2.49. The molecule has 0 saturated heterocycles. The minimum absolute atomic E-state index is 0.0729. The van der Waals surface area contributed by atoms with Gasteiger partial charge in [-0.2, -0.15) is 0 Å². The number of nitrogens with one attached hydrogen (secondary N) is 3. The maximum absolute atomic E-state index is 11.9. The number of fused-ring (bicyclic) bond motifs is 1. The number of hydrogen-bond donors (Lipinski definition) is 4. The maximum atomic E-state index is 11.9. The summed E-state index contributed by atoms with van der Waals surface area (Å²) in [5.74, 6) is -0.689. The fourth-order valence-electron chi connectivity index (χ4n) is 2.45. The Hall–Kier alpha value is -3.65. The van der Waals surface area contributed by atoms with Gasteiger partial charge in [0.1, 0.15) is 11.5 Å². The number of hydrazine groups is 1. The lowest BCUT2D eigenvalue weighted by Gasteiger charge is -2.12. The van der Waals surface area contributed by atoms with Crippen LogP contribution in [0.4, 0.5) is 0 Å². The molecule has 0 bridgehead atoms. The van der Waals surface area contributed by atoms with E-state index in [9.17, 15) is 14.7 Å². The quantitative estimate of drug-likeness (QED) is 0.400. The predicted octanol–water partition coefficient (Wildman–Crippen LogP) is 2.26. The first-order valence-corrected chi connectivity index (χ1v) is 8.73. The summed E-state index contributed by atoms with van der Waals surface area (Å²) in [7, 11) is 0. The van der Waals surface area contributed by atoms with Crippen molar-refractivity contribution in [3.05, 3.63) is 72.3 Å². The molecule has 0 saturated carbocycles. The molecule has 0 radical (unpaired) electrons. The number of hydrogen-bond acceptors (Lipinski definition) is 5. The van der Waals surface area contributed by atoms with Crippen LogP contribution < -0.4 is 20.9 Å². The van der Waals surface area contributed by atoms with Crippen LogP contribution in [-0.2, 0) is 4.79 Å². The molecule has 0 aliphatic heterocycles. The van der Waals surface area contributed by atoms with E-state index in [2.05, 4.69) is 16.2 Å². The monoisotopic (exact) mass is 395 g/mol. The molecular formula is C20H17N3O4S. The number of aromatic hydroxyl groups is 1. The van der Waals surface area contributed by atoms with Gasteiger partial charge in [0.15, 0.2) is 11.7 Å².